The maximum atomic E-state index is 9.92. The van der Waals surface area contributed by atoms with Gasteiger partial charge in [0.15, 0.2) is 0 Å². The van der Waals surface area contributed by atoms with E-state index in [2.05, 4.69) is 0 Å². The van der Waals surface area contributed by atoms with Crippen LogP contribution in [0.4, 0.5) is 0 Å². The molecule has 2 N–H and O–H groups in total. The molecular formula is C9H20O2. The average molecular weight is 160 g/mol. The van der Waals surface area contributed by atoms with E-state index in [4.69, 9.17) is 0 Å². The van der Waals surface area contributed by atoms with E-state index >= 15 is 0 Å². The minimum atomic E-state index is -0.894. The van der Waals surface area contributed by atoms with Crippen LogP contribution >= 0.6 is 0 Å². The van der Waals surface area contributed by atoms with E-state index < -0.39 is 11.7 Å². The Morgan fingerprint density at radius 2 is 1.73 bits per heavy atom. The lowest BCUT2D eigenvalue weighted by molar-refractivity contribution is -0.105. The molecule has 0 fully saturated rings. The number of hydrogen-bond donors (Lipinski definition) is 2. The summed E-state index contributed by atoms with van der Waals surface area (Å²) in [7, 11) is 0. The second kappa shape index (κ2) is 4.07. The Labute approximate surface area is 69.2 Å². The Bertz CT molecular complexity index is 112. The van der Waals surface area contributed by atoms with Crippen molar-refractivity contribution in [2.24, 2.45) is 5.92 Å². The number of aliphatic hydroxyl groups is 2. The van der Waals surface area contributed by atoms with Gasteiger partial charge in [-0.25, -0.2) is 0 Å². The van der Waals surface area contributed by atoms with E-state index in [1.807, 2.05) is 20.8 Å². The Balaban J connectivity index is 4.32. The number of hydrogen-bond acceptors (Lipinski definition) is 2. The van der Waals surface area contributed by atoms with Crippen molar-refractivity contribution in [3.63, 3.8) is 0 Å². The molecule has 3 atom stereocenters. The predicted molar refractivity (Wildman–Crippen MR) is 46.4 cm³/mol. The molecule has 0 heterocycles. The van der Waals surface area contributed by atoms with Crippen LogP contribution in [0.5, 0.6) is 0 Å². The van der Waals surface area contributed by atoms with E-state index in [0.717, 1.165) is 6.42 Å². The van der Waals surface area contributed by atoms with Gasteiger partial charge in [0, 0.05) is 0 Å². The molecule has 0 aromatic carbocycles. The van der Waals surface area contributed by atoms with Crippen LogP contribution in [0.3, 0.4) is 0 Å². The SMILES string of the molecule is CCC(C)C(O)(CC)C(C)O. The molecule has 2 heteroatoms. The normalized spacial score (nSPS) is 22.4. The lowest BCUT2D eigenvalue weighted by Crippen LogP contribution is -2.45. The monoisotopic (exact) mass is 160 g/mol. The Hall–Kier alpha value is -0.0800. The molecule has 0 aromatic heterocycles. The smallest absolute Gasteiger partial charge is 0.0925 e. The average Bonchev–Trinajstić information content (AvgIpc) is 2.01. The molecule has 0 radical (unpaired) electrons. The van der Waals surface area contributed by atoms with Gasteiger partial charge in [0.05, 0.1) is 11.7 Å². The summed E-state index contributed by atoms with van der Waals surface area (Å²) in [6, 6.07) is 0. The largest absolute Gasteiger partial charge is 0.390 e. The summed E-state index contributed by atoms with van der Waals surface area (Å²) in [4.78, 5) is 0. The first kappa shape index (κ1) is 10.9. The second-order valence-electron chi connectivity index (χ2n) is 3.33. The van der Waals surface area contributed by atoms with Gasteiger partial charge in [0.25, 0.3) is 0 Å². The van der Waals surface area contributed by atoms with Crippen molar-refractivity contribution in [3.8, 4) is 0 Å². The molecule has 0 saturated carbocycles. The van der Waals surface area contributed by atoms with Gasteiger partial charge in [-0.05, 0) is 19.3 Å². The fourth-order valence-electron chi connectivity index (χ4n) is 1.41. The molecule has 0 spiro atoms. The quantitative estimate of drug-likeness (QED) is 0.655. The lowest BCUT2D eigenvalue weighted by atomic mass is 9.81. The first-order valence-electron chi connectivity index (χ1n) is 4.39. The van der Waals surface area contributed by atoms with Crippen LogP contribution in [0.2, 0.25) is 0 Å². The third-order valence-electron chi connectivity index (χ3n) is 2.76. The van der Waals surface area contributed by atoms with Gasteiger partial charge in [-0.1, -0.05) is 27.2 Å². The molecule has 0 saturated heterocycles. The van der Waals surface area contributed by atoms with Crippen molar-refractivity contribution in [1.82, 2.24) is 0 Å². The minimum absolute atomic E-state index is 0.160. The summed E-state index contributed by atoms with van der Waals surface area (Å²) in [5, 5.41) is 19.2. The highest BCUT2D eigenvalue weighted by Gasteiger charge is 2.35. The maximum absolute atomic E-state index is 9.92. The highest BCUT2D eigenvalue weighted by Crippen LogP contribution is 2.27. The highest BCUT2D eigenvalue weighted by molar-refractivity contribution is 4.86. The van der Waals surface area contributed by atoms with Crippen molar-refractivity contribution in [1.29, 1.82) is 0 Å². The molecule has 0 amide bonds. The van der Waals surface area contributed by atoms with Gasteiger partial charge in [-0.3, -0.25) is 0 Å². The molecule has 68 valence electrons. The van der Waals surface area contributed by atoms with E-state index in [9.17, 15) is 10.2 Å². The summed E-state index contributed by atoms with van der Waals surface area (Å²) in [6.45, 7) is 7.54. The summed E-state index contributed by atoms with van der Waals surface area (Å²) in [5.41, 5.74) is -0.894. The van der Waals surface area contributed by atoms with Gasteiger partial charge < -0.3 is 10.2 Å². The highest BCUT2D eigenvalue weighted by atomic mass is 16.3. The van der Waals surface area contributed by atoms with E-state index in [1.54, 1.807) is 6.92 Å². The summed E-state index contributed by atoms with van der Waals surface area (Å²) in [5.74, 6) is 0.160. The van der Waals surface area contributed by atoms with Crippen molar-refractivity contribution in [2.45, 2.75) is 52.2 Å². The number of rotatable bonds is 4. The van der Waals surface area contributed by atoms with Crippen LogP contribution in [0.25, 0.3) is 0 Å². The molecule has 0 bridgehead atoms. The van der Waals surface area contributed by atoms with Crippen LogP contribution < -0.4 is 0 Å². The minimum Gasteiger partial charge on any atom is -0.390 e. The second-order valence-corrected chi connectivity index (χ2v) is 3.33. The third-order valence-corrected chi connectivity index (χ3v) is 2.76. The molecule has 3 unspecified atom stereocenters. The lowest BCUT2D eigenvalue weighted by Gasteiger charge is -2.35. The third kappa shape index (κ3) is 2.17. The molecule has 0 aromatic rings. The Morgan fingerprint density at radius 1 is 1.27 bits per heavy atom. The van der Waals surface area contributed by atoms with Crippen LogP contribution in [0.15, 0.2) is 0 Å². The van der Waals surface area contributed by atoms with Crippen LogP contribution in [0.1, 0.15) is 40.5 Å². The van der Waals surface area contributed by atoms with E-state index in [1.165, 1.54) is 0 Å². The molecule has 0 aliphatic rings. The first-order valence-corrected chi connectivity index (χ1v) is 4.39. The Kier molecular flexibility index (Phi) is 4.04. The van der Waals surface area contributed by atoms with Gasteiger partial charge in [0.1, 0.15) is 0 Å². The fourth-order valence-corrected chi connectivity index (χ4v) is 1.41. The molecule has 0 aliphatic carbocycles. The summed E-state index contributed by atoms with van der Waals surface area (Å²) < 4.78 is 0. The standard InChI is InChI=1S/C9H20O2/c1-5-7(3)9(11,6-2)8(4)10/h7-8,10-11H,5-6H2,1-4H3. The van der Waals surface area contributed by atoms with Crippen LogP contribution in [-0.4, -0.2) is 21.9 Å². The van der Waals surface area contributed by atoms with E-state index in [0.29, 0.717) is 6.42 Å². The molecule has 11 heavy (non-hydrogen) atoms. The Morgan fingerprint density at radius 3 is 1.82 bits per heavy atom. The number of aliphatic hydroxyl groups excluding tert-OH is 1. The van der Waals surface area contributed by atoms with Gasteiger partial charge in [-0.2, -0.15) is 0 Å². The maximum Gasteiger partial charge on any atom is 0.0925 e. The summed E-state index contributed by atoms with van der Waals surface area (Å²) >= 11 is 0. The van der Waals surface area contributed by atoms with E-state index in [-0.39, 0.29) is 5.92 Å². The molecule has 0 rings (SSSR count). The van der Waals surface area contributed by atoms with Crippen molar-refractivity contribution in [3.05, 3.63) is 0 Å². The van der Waals surface area contributed by atoms with Gasteiger partial charge >= 0.3 is 0 Å². The van der Waals surface area contributed by atoms with Crippen LogP contribution in [-0.2, 0) is 0 Å². The first-order chi connectivity index (χ1) is 4.99. The fraction of sp³-hybridized carbons (Fsp3) is 1.00. The zero-order valence-electron chi connectivity index (χ0n) is 7.96. The van der Waals surface area contributed by atoms with Crippen molar-refractivity contribution < 1.29 is 10.2 Å². The zero-order valence-corrected chi connectivity index (χ0v) is 7.96. The van der Waals surface area contributed by atoms with Gasteiger partial charge in [0.2, 0.25) is 0 Å². The predicted octanol–water partition coefficient (Wildman–Crippen LogP) is 1.55. The molecule has 0 aliphatic heterocycles. The van der Waals surface area contributed by atoms with Crippen LogP contribution in [0, 0.1) is 5.92 Å². The summed E-state index contributed by atoms with van der Waals surface area (Å²) in [6.07, 6.45) is 0.872. The molecular weight excluding hydrogens is 140 g/mol. The van der Waals surface area contributed by atoms with Crippen molar-refractivity contribution >= 4 is 0 Å². The molecule has 2 nitrogen and oxygen atoms in total. The topological polar surface area (TPSA) is 40.5 Å². The zero-order chi connectivity index (χ0) is 9.07. The van der Waals surface area contributed by atoms with Gasteiger partial charge in [-0.15, -0.1) is 0 Å². The van der Waals surface area contributed by atoms with Crippen molar-refractivity contribution in [2.75, 3.05) is 0 Å².